The minimum absolute atomic E-state index is 0.00491. The molecule has 3 aromatic rings. The lowest BCUT2D eigenvalue weighted by atomic mass is 9.92. The Labute approximate surface area is 251 Å². The van der Waals surface area contributed by atoms with Gasteiger partial charge in [-0.05, 0) is 67.3 Å². The van der Waals surface area contributed by atoms with E-state index in [1.54, 1.807) is 6.08 Å². The van der Waals surface area contributed by atoms with E-state index < -0.39 is 69.4 Å². The molecule has 0 spiro atoms. The molecular formula is C34H20F10O. The average molecular weight is 635 g/mol. The van der Waals surface area contributed by atoms with E-state index in [1.165, 1.54) is 6.08 Å². The van der Waals surface area contributed by atoms with Gasteiger partial charge in [-0.3, -0.25) is 0 Å². The molecule has 0 saturated carbocycles. The molecule has 1 aliphatic carbocycles. The third kappa shape index (κ3) is 8.18. The third-order valence-corrected chi connectivity index (χ3v) is 6.49. The SMILES string of the molecule is C=CCCC1C=CC(C#Cc2ccc(C(F)(F)Oc3ccc(C#Cc4cc(F)c(C(F)(F)F)c(F)c4)c(F)c3)c(F)c2)=C(F)C1. The van der Waals surface area contributed by atoms with Gasteiger partial charge in [0.1, 0.15) is 46.0 Å². The maximum absolute atomic E-state index is 14.8. The molecule has 1 unspecified atom stereocenters. The van der Waals surface area contributed by atoms with Crippen molar-refractivity contribution in [1.82, 2.24) is 0 Å². The van der Waals surface area contributed by atoms with Gasteiger partial charge in [-0.2, -0.15) is 22.0 Å². The topological polar surface area (TPSA) is 9.23 Å². The second-order valence-corrected chi connectivity index (χ2v) is 9.78. The molecule has 0 radical (unpaired) electrons. The van der Waals surface area contributed by atoms with Crippen molar-refractivity contribution >= 4 is 0 Å². The molecule has 232 valence electrons. The van der Waals surface area contributed by atoms with Crippen LogP contribution in [0, 0.1) is 52.9 Å². The first-order valence-corrected chi connectivity index (χ1v) is 13.1. The molecule has 0 bridgehead atoms. The van der Waals surface area contributed by atoms with Gasteiger partial charge in [0.2, 0.25) is 0 Å². The Balaban J connectivity index is 1.47. The zero-order valence-corrected chi connectivity index (χ0v) is 22.9. The second kappa shape index (κ2) is 13.4. The van der Waals surface area contributed by atoms with Crippen LogP contribution >= 0.6 is 0 Å². The molecule has 0 heterocycles. The highest BCUT2D eigenvalue weighted by Crippen LogP contribution is 2.35. The molecule has 11 heteroatoms. The van der Waals surface area contributed by atoms with Gasteiger partial charge in [-0.1, -0.05) is 35.8 Å². The van der Waals surface area contributed by atoms with E-state index in [-0.39, 0.29) is 23.5 Å². The first-order valence-electron chi connectivity index (χ1n) is 13.1. The molecule has 3 aromatic carbocycles. The molecule has 1 atom stereocenters. The molecule has 0 N–H and O–H groups in total. The van der Waals surface area contributed by atoms with Gasteiger partial charge in [-0.15, -0.1) is 6.58 Å². The third-order valence-electron chi connectivity index (χ3n) is 6.49. The molecule has 0 fully saturated rings. The van der Waals surface area contributed by atoms with Crippen LogP contribution in [0.5, 0.6) is 5.75 Å². The lowest BCUT2D eigenvalue weighted by Gasteiger charge is -2.19. The van der Waals surface area contributed by atoms with Gasteiger partial charge in [0, 0.05) is 23.6 Å². The predicted molar refractivity (Wildman–Crippen MR) is 146 cm³/mol. The lowest BCUT2D eigenvalue weighted by molar-refractivity contribution is -0.187. The normalized spacial score (nSPS) is 14.8. The fraction of sp³-hybridized carbons (Fsp3) is 0.176. The zero-order valence-electron chi connectivity index (χ0n) is 22.9. The Morgan fingerprint density at radius 2 is 1.44 bits per heavy atom. The summed E-state index contributed by atoms with van der Waals surface area (Å²) in [4.78, 5) is 0. The van der Waals surface area contributed by atoms with Crippen LogP contribution in [-0.4, -0.2) is 0 Å². The van der Waals surface area contributed by atoms with Crippen LogP contribution in [0.4, 0.5) is 43.9 Å². The van der Waals surface area contributed by atoms with E-state index in [0.717, 1.165) is 31.0 Å². The highest BCUT2D eigenvalue weighted by molar-refractivity contribution is 5.49. The van der Waals surface area contributed by atoms with Gasteiger partial charge < -0.3 is 4.74 Å². The largest absolute Gasteiger partial charge is 0.429 e. The molecule has 0 saturated heterocycles. The summed E-state index contributed by atoms with van der Waals surface area (Å²) in [5.74, 6) is 1.67. The Hall–Kier alpha value is -4.90. The monoisotopic (exact) mass is 634 g/mol. The highest BCUT2D eigenvalue weighted by Gasteiger charge is 2.39. The van der Waals surface area contributed by atoms with Crippen molar-refractivity contribution in [3.63, 3.8) is 0 Å². The minimum atomic E-state index is -5.29. The fourth-order valence-corrected chi connectivity index (χ4v) is 4.26. The van der Waals surface area contributed by atoms with Crippen molar-refractivity contribution in [2.75, 3.05) is 0 Å². The summed E-state index contributed by atoms with van der Waals surface area (Å²) in [5, 5.41) is 0. The summed E-state index contributed by atoms with van der Waals surface area (Å²) in [6.45, 7) is 3.63. The van der Waals surface area contributed by atoms with E-state index >= 15 is 0 Å². The van der Waals surface area contributed by atoms with Gasteiger partial charge in [-0.25, -0.2) is 22.0 Å². The Kier molecular flexibility index (Phi) is 9.82. The van der Waals surface area contributed by atoms with Crippen LogP contribution in [-0.2, 0) is 12.3 Å². The Morgan fingerprint density at radius 1 is 0.778 bits per heavy atom. The van der Waals surface area contributed by atoms with Gasteiger partial charge in [0.15, 0.2) is 0 Å². The number of alkyl halides is 5. The van der Waals surface area contributed by atoms with Crippen LogP contribution in [0.25, 0.3) is 0 Å². The van der Waals surface area contributed by atoms with Crippen LogP contribution < -0.4 is 4.74 Å². The van der Waals surface area contributed by atoms with Crippen molar-refractivity contribution < 1.29 is 48.6 Å². The van der Waals surface area contributed by atoms with E-state index in [9.17, 15) is 43.9 Å². The Morgan fingerprint density at radius 3 is 2.04 bits per heavy atom. The van der Waals surface area contributed by atoms with Gasteiger partial charge >= 0.3 is 12.3 Å². The van der Waals surface area contributed by atoms with Crippen molar-refractivity contribution in [1.29, 1.82) is 0 Å². The maximum Gasteiger partial charge on any atom is 0.429 e. The summed E-state index contributed by atoms with van der Waals surface area (Å²) in [7, 11) is 0. The minimum Gasteiger partial charge on any atom is -0.429 e. The number of benzene rings is 3. The molecule has 0 amide bonds. The zero-order chi connectivity index (χ0) is 32.9. The van der Waals surface area contributed by atoms with Crippen molar-refractivity contribution in [2.24, 2.45) is 5.92 Å². The van der Waals surface area contributed by atoms with Crippen LogP contribution in [0.15, 0.2) is 84.7 Å². The summed E-state index contributed by atoms with van der Waals surface area (Å²) in [6.07, 6.45) is -2.93. The maximum atomic E-state index is 14.8. The van der Waals surface area contributed by atoms with E-state index in [0.29, 0.717) is 30.3 Å². The first kappa shape index (κ1) is 33.0. The molecule has 45 heavy (non-hydrogen) atoms. The smallest absolute Gasteiger partial charge is 0.429 e. The summed E-state index contributed by atoms with van der Waals surface area (Å²) < 4.78 is 143. The number of hydrogen-bond acceptors (Lipinski definition) is 1. The van der Waals surface area contributed by atoms with E-state index in [1.807, 2.05) is 6.08 Å². The number of rotatable bonds is 6. The molecular weight excluding hydrogens is 614 g/mol. The quantitative estimate of drug-likeness (QED) is 0.149. The lowest BCUT2D eigenvalue weighted by Crippen LogP contribution is -2.23. The number of halogens is 10. The van der Waals surface area contributed by atoms with Crippen molar-refractivity contribution in [2.45, 2.75) is 31.5 Å². The summed E-state index contributed by atoms with van der Waals surface area (Å²) in [6, 6.07) is 5.34. The molecule has 0 aromatic heterocycles. The molecule has 0 aliphatic heterocycles. The average Bonchev–Trinajstić information content (AvgIpc) is 2.93. The van der Waals surface area contributed by atoms with Crippen LogP contribution in [0.2, 0.25) is 0 Å². The molecule has 1 nitrogen and oxygen atoms in total. The van der Waals surface area contributed by atoms with Crippen molar-refractivity contribution in [3.8, 4) is 29.4 Å². The Bertz CT molecular complexity index is 1790. The molecule has 1 aliphatic rings. The van der Waals surface area contributed by atoms with Crippen LogP contribution in [0.1, 0.15) is 47.1 Å². The number of allylic oxidation sites excluding steroid dienone is 5. The van der Waals surface area contributed by atoms with Gasteiger partial charge in [0.05, 0.1) is 11.1 Å². The van der Waals surface area contributed by atoms with Crippen LogP contribution in [0.3, 0.4) is 0 Å². The van der Waals surface area contributed by atoms with Crippen molar-refractivity contribution in [3.05, 3.63) is 136 Å². The standard InChI is InChI=1S/C34H20F10O/c1-2-3-4-20-5-9-23(27(35)15-20)10-6-21-8-14-26(29(37)16-21)34(43,44)45-25-13-12-24(28(36)19-25)11-7-22-17-30(38)32(31(39)18-22)33(40,41)42/h2,5,8-9,12-14,16-20H,1,3-4,15H2. The predicted octanol–water partition coefficient (Wildman–Crippen LogP) is 9.91. The van der Waals surface area contributed by atoms with E-state index in [2.05, 4.69) is 35.0 Å². The van der Waals surface area contributed by atoms with E-state index in [4.69, 9.17) is 0 Å². The second-order valence-electron chi connectivity index (χ2n) is 9.78. The number of ether oxygens (including phenoxy) is 1. The molecule has 4 rings (SSSR count). The summed E-state index contributed by atoms with van der Waals surface area (Å²) >= 11 is 0. The fourth-order valence-electron chi connectivity index (χ4n) is 4.26. The summed E-state index contributed by atoms with van der Waals surface area (Å²) in [5.41, 5.74) is -4.24. The van der Waals surface area contributed by atoms with Gasteiger partial charge in [0.25, 0.3) is 0 Å². The number of hydrogen-bond donors (Lipinski definition) is 0. The highest BCUT2D eigenvalue weighted by atomic mass is 19.4. The first-order chi connectivity index (χ1) is 21.2.